The molecule has 0 saturated carbocycles. The average molecular weight is 716 g/mol. The normalized spacial score (nSPS) is 12.8. The molecule has 14 heteroatoms. The summed E-state index contributed by atoms with van der Waals surface area (Å²) in [6.45, 7) is 9.13. The summed E-state index contributed by atoms with van der Waals surface area (Å²) >= 11 is 0. The number of benzene rings is 2. The van der Waals surface area contributed by atoms with Crippen molar-refractivity contribution in [3.05, 3.63) is 59.7 Å². The first-order valence-corrected chi connectivity index (χ1v) is 17.4. The first-order valence-electron chi connectivity index (χ1n) is 17.4. The van der Waals surface area contributed by atoms with Crippen LogP contribution in [0.15, 0.2) is 48.5 Å². The summed E-state index contributed by atoms with van der Waals surface area (Å²) in [5, 5.41) is 17.5. The number of ether oxygens (including phenoxy) is 6. The number of fused-ring (bicyclic) bond motifs is 3. The Bertz CT molecular complexity index is 1340. The SMILES string of the molecule is CC(C)(C)OC(=O)NCCOCCOCCOCCOCCC(=O)NCCCC[C@@H](NC(=O)OCC1c2ccccc2-c2ccccc21)C(=O)O. The Hall–Kier alpha value is -4.24. The van der Waals surface area contributed by atoms with Crippen molar-refractivity contribution in [2.75, 3.05) is 72.6 Å². The number of carbonyl (C=O) groups is 4. The van der Waals surface area contributed by atoms with Crippen molar-refractivity contribution in [2.24, 2.45) is 0 Å². The van der Waals surface area contributed by atoms with Gasteiger partial charge in [-0.15, -0.1) is 0 Å². The minimum absolute atomic E-state index is 0.0986. The van der Waals surface area contributed by atoms with E-state index >= 15 is 0 Å². The van der Waals surface area contributed by atoms with Crippen molar-refractivity contribution in [1.29, 1.82) is 0 Å². The van der Waals surface area contributed by atoms with Crippen LogP contribution < -0.4 is 16.0 Å². The van der Waals surface area contributed by atoms with E-state index < -0.39 is 29.8 Å². The molecule has 51 heavy (non-hydrogen) atoms. The van der Waals surface area contributed by atoms with E-state index in [1.807, 2.05) is 48.5 Å². The minimum atomic E-state index is -1.14. The number of rotatable bonds is 24. The number of hydrogen-bond acceptors (Lipinski definition) is 10. The topological polar surface area (TPSA) is 180 Å². The summed E-state index contributed by atoms with van der Waals surface area (Å²) < 4.78 is 32.3. The Morgan fingerprint density at radius 3 is 1.82 bits per heavy atom. The van der Waals surface area contributed by atoms with E-state index in [1.54, 1.807) is 20.8 Å². The Morgan fingerprint density at radius 2 is 1.25 bits per heavy atom. The third-order valence-electron chi connectivity index (χ3n) is 7.68. The predicted molar refractivity (Wildman–Crippen MR) is 189 cm³/mol. The zero-order valence-corrected chi connectivity index (χ0v) is 29.9. The van der Waals surface area contributed by atoms with Gasteiger partial charge in [0.15, 0.2) is 0 Å². The number of amides is 3. The van der Waals surface area contributed by atoms with E-state index in [4.69, 9.17) is 28.4 Å². The average Bonchev–Trinajstić information content (AvgIpc) is 3.41. The lowest BCUT2D eigenvalue weighted by atomic mass is 9.98. The lowest BCUT2D eigenvalue weighted by Gasteiger charge is -2.19. The zero-order valence-electron chi connectivity index (χ0n) is 29.9. The van der Waals surface area contributed by atoms with Crippen molar-refractivity contribution < 1.29 is 52.7 Å². The summed E-state index contributed by atoms with van der Waals surface area (Å²) in [6, 6.07) is 14.9. The molecule has 1 atom stereocenters. The Kier molecular flexibility index (Phi) is 18.2. The second kappa shape index (κ2) is 22.6. The zero-order chi connectivity index (χ0) is 36.9. The van der Waals surface area contributed by atoms with Crippen LogP contribution in [0.3, 0.4) is 0 Å². The van der Waals surface area contributed by atoms with Crippen LogP contribution in [0.4, 0.5) is 9.59 Å². The molecule has 0 radical (unpaired) electrons. The van der Waals surface area contributed by atoms with Gasteiger partial charge in [0.25, 0.3) is 0 Å². The number of hydrogen-bond donors (Lipinski definition) is 4. The number of carbonyl (C=O) groups excluding carboxylic acids is 3. The van der Waals surface area contributed by atoms with Crippen molar-refractivity contribution >= 4 is 24.1 Å². The highest BCUT2D eigenvalue weighted by atomic mass is 16.6. The first kappa shape index (κ1) is 41.2. The Morgan fingerprint density at radius 1 is 0.706 bits per heavy atom. The highest BCUT2D eigenvalue weighted by Crippen LogP contribution is 2.44. The molecule has 1 aliphatic carbocycles. The Labute approximate surface area is 299 Å². The lowest BCUT2D eigenvalue weighted by Crippen LogP contribution is -2.41. The number of alkyl carbamates (subject to hydrolysis) is 2. The second-order valence-corrected chi connectivity index (χ2v) is 12.8. The van der Waals surface area contributed by atoms with Gasteiger partial charge in [-0.25, -0.2) is 14.4 Å². The maximum absolute atomic E-state index is 12.5. The third-order valence-corrected chi connectivity index (χ3v) is 7.68. The molecule has 4 N–H and O–H groups in total. The van der Waals surface area contributed by atoms with Crippen molar-refractivity contribution in [3.8, 4) is 11.1 Å². The smallest absolute Gasteiger partial charge is 0.407 e. The predicted octanol–water partition coefficient (Wildman–Crippen LogP) is 4.25. The number of carboxylic acids is 1. The van der Waals surface area contributed by atoms with E-state index in [0.29, 0.717) is 72.2 Å². The molecule has 0 spiro atoms. The van der Waals surface area contributed by atoms with Gasteiger partial charge >= 0.3 is 18.2 Å². The molecule has 2 aromatic carbocycles. The molecular formula is C37H53N3O11. The molecule has 3 rings (SSSR count). The molecule has 1 aliphatic rings. The third kappa shape index (κ3) is 16.1. The van der Waals surface area contributed by atoms with E-state index in [1.165, 1.54) is 0 Å². The second-order valence-electron chi connectivity index (χ2n) is 12.8. The van der Waals surface area contributed by atoms with E-state index in [0.717, 1.165) is 22.3 Å². The minimum Gasteiger partial charge on any atom is -0.480 e. The van der Waals surface area contributed by atoms with Gasteiger partial charge < -0.3 is 49.5 Å². The molecule has 14 nitrogen and oxygen atoms in total. The fraction of sp³-hybridized carbons (Fsp3) is 0.568. The molecule has 0 aliphatic heterocycles. The van der Waals surface area contributed by atoms with Gasteiger partial charge in [0.2, 0.25) is 5.91 Å². The monoisotopic (exact) mass is 715 g/mol. The van der Waals surface area contributed by atoms with E-state index in [-0.39, 0.29) is 37.9 Å². The number of aliphatic carboxylic acids is 1. The summed E-state index contributed by atoms with van der Waals surface area (Å²) in [4.78, 5) is 47.9. The van der Waals surface area contributed by atoms with Crippen LogP contribution in [0.2, 0.25) is 0 Å². The van der Waals surface area contributed by atoms with E-state index in [2.05, 4.69) is 16.0 Å². The van der Waals surface area contributed by atoms with Crippen LogP contribution in [0, 0.1) is 0 Å². The van der Waals surface area contributed by atoms with Gasteiger partial charge in [0, 0.05) is 25.4 Å². The Balaban J connectivity index is 1.12. The molecule has 0 heterocycles. The van der Waals surface area contributed by atoms with Crippen LogP contribution in [-0.2, 0) is 38.0 Å². The molecule has 0 fully saturated rings. The molecular weight excluding hydrogens is 662 g/mol. The summed E-state index contributed by atoms with van der Waals surface area (Å²) in [7, 11) is 0. The van der Waals surface area contributed by atoms with Gasteiger partial charge in [-0.05, 0) is 62.3 Å². The van der Waals surface area contributed by atoms with Crippen molar-refractivity contribution in [2.45, 2.75) is 64.0 Å². The maximum atomic E-state index is 12.5. The molecule has 0 unspecified atom stereocenters. The summed E-state index contributed by atoms with van der Waals surface area (Å²) in [5.74, 6) is -1.43. The van der Waals surface area contributed by atoms with Gasteiger partial charge in [-0.3, -0.25) is 4.79 Å². The molecule has 0 aromatic heterocycles. The highest BCUT2D eigenvalue weighted by Gasteiger charge is 2.29. The summed E-state index contributed by atoms with van der Waals surface area (Å²) in [6.07, 6.45) is 0.174. The van der Waals surface area contributed by atoms with Gasteiger partial charge in [0.1, 0.15) is 18.2 Å². The quantitative estimate of drug-likeness (QED) is 0.114. The van der Waals surface area contributed by atoms with Crippen LogP contribution in [0.1, 0.15) is 63.5 Å². The van der Waals surface area contributed by atoms with Gasteiger partial charge in [-0.1, -0.05) is 48.5 Å². The first-order chi connectivity index (χ1) is 24.5. The van der Waals surface area contributed by atoms with Crippen LogP contribution in [0.5, 0.6) is 0 Å². The van der Waals surface area contributed by atoms with Crippen LogP contribution >= 0.6 is 0 Å². The van der Waals surface area contributed by atoms with Gasteiger partial charge in [-0.2, -0.15) is 0 Å². The fourth-order valence-electron chi connectivity index (χ4n) is 5.30. The van der Waals surface area contributed by atoms with Gasteiger partial charge in [0.05, 0.1) is 52.9 Å². The molecule has 0 bridgehead atoms. The fourth-order valence-corrected chi connectivity index (χ4v) is 5.30. The molecule has 282 valence electrons. The number of unbranched alkanes of at least 4 members (excludes halogenated alkanes) is 1. The molecule has 2 aromatic rings. The number of nitrogens with one attached hydrogen (secondary N) is 3. The van der Waals surface area contributed by atoms with Crippen molar-refractivity contribution in [3.63, 3.8) is 0 Å². The highest BCUT2D eigenvalue weighted by molar-refractivity contribution is 5.81. The molecule has 3 amide bonds. The largest absolute Gasteiger partial charge is 0.480 e. The molecule has 0 saturated heterocycles. The van der Waals surface area contributed by atoms with Crippen LogP contribution in [-0.4, -0.2) is 113 Å². The van der Waals surface area contributed by atoms with Crippen molar-refractivity contribution in [1.82, 2.24) is 16.0 Å². The van der Waals surface area contributed by atoms with E-state index in [9.17, 15) is 24.3 Å². The lowest BCUT2D eigenvalue weighted by molar-refractivity contribution is -0.139. The van der Waals surface area contributed by atoms with Crippen LogP contribution in [0.25, 0.3) is 11.1 Å². The summed E-state index contributed by atoms with van der Waals surface area (Å²) in [5.41, 5.74) is 3.83. The standard InChI is InChI=1S/C37H53N3O11/c1-37(2,3)51-35(44)39-17-19-47-21-23-49-25-24-48-22-20-46-18-15-33(41)38-16-9-8-14-32(34(42)43)40-36(45)50-26-31-29-12-6-4-10-27(29)28-11-5-7-13-30(28)31/h4-7,10-13,31-32H,8-9,14-26H2,1-3H3,(H,38,41)(H,39,44)(H,40,45)(H,42,43)/t32-/m1/s1. The number of carboxylic acid groups (broad SMARTS) is 1. The maximum Gasteiger partial charge on any atom is 0.407 e.